The number of methoxy groups -OCH3 is 1. The maximum atomic E-state index is 5.33. The summed E-state index contributed by atoms with van der Waals surface area (Å²) >= 11 is 0. The molecule has 0 aliphatic heterocycles. The summed E-state index contributed by atoms with van der Waals surface area (Å²) in [7, 11) is 9.78. The summed E-state index contributed by atoms with van der Waals surface area (Å²) in [5.74, 6) is 3.15. The van der Waals surface area contributed by atoms with Gasteiger partial charge in [-0.25, -0.2) is 0 Å². The summed E-state index contributed by atoms with van der Waals surface area (Å²) in [5.41, 5.74) is 3.10. The Kier molecular flexibility index (Phi) is 7.94. The molecular weight excluding hydrogens is 340 g/mol. The lowest BCUT2D eigenvalue weighted by molar-refractivity contribution is 0.414. The summed E-state index contributed by atoms with van der Waals surface area (Å²) in [6, 6.07) is 6.12. The van der Waals surface area contributed by atoms with Gasteiger partial charge in [0.15, 0.2) is 0 Å². The minimum absolute atomic E-state index is 0.852. The van der Waals surface area contributed by atoms with Crippen LogP contribution >= 0.6 is 21.6 Å². The summed E-state index contributed by atoms with van der Waals surface area (Å²) in [5, 5.41) is 8.53. The average Bonchev–Trinajstić information content (AvgIpc) is 3.02. The van der Waals surface area contributed by atoms with Crippen molar-refractivity contribution in [2.24, 2.45) is 0 Å². The van der Waals surface area contributed by atoms with E-state index in [9.17, 15) is 0 Å². The van der Waals surface area contributed by atoms with Crippen molar-refractivity contribution in [1.29, 1.82) is 0 Å². The van der Waals surface area contributed by atoms with Crippen LogP contribution in [0.25, 0.3) is 11.3 Å². The lowest BCUT2D eigenvalue weighted by atomic mass is 10.1. The lowest BCUT2D eigenvalue weighted by Crippen LogP contribution is -2.14. The fraction of sp³-hybridized carbons (Fsp3) is 0.529. The first kappa shape index (κ1) is 19.1. The Labute approximate surface area is 152 Å². The minimum Gasteiger partial charge on any atom is -0.497 e. The summed E-state index contributed by atoms with van der Waals surface area (Å²) in [6.45, 7) is 4.09. The predicted molar refractivity (Wildman–Crippen MR) is 105 cm³/mol. The molecule has 1 heterocycles. The van der Waals surface area contributed by atoms with Crippen molar-refractivity contribution >= 4 is 21.6 Å². The van der Waals surface area contributed by atoms with Crippen molar-refractivity contribution in [3.8, 4) is 17.0 Å². The Morgan fingerprint density at radius 3 is 2.71 bits per heavy atom. The van der Waals surface area contributed by atoms with Gasteiger partial charge in [0, 0.05) is 30.2 Å². The predicted octanol–water partition coefficient (Wildman–Crippen LogP) is 3.60. The quantitative estimate of drug-likeness (QED) is 0.473. The van der Waals surface area contributed by atoms with Gasteiger partial charge in [0.1, 0.15) is 11.4 Å². The van der Waals surface area contributed by atoms with E-state index >= 15 is 0 Å². The Balaban J connectivity index is 1.78. The highest BCUT2D eigenvalue weighted by Gasteiger charge is 2.06. The van der Waals surface area contributed by atoms with E-state index in [4.69, 9.17) is 4.74 Å². The normalized spacial score (nSPS) is 11.2. The van der Waals surface area contributed by atoms with Crippen molar-refractivity contribution in [1.82, 2.24) is 19.9 Å². The molecule has 1 aromatic carbocycles. The maximum absolute atomic E-state index is 5.33. The zero-order valence-electron chi connectivity index (χ0n) is 14.9. The molecule has 0 unspecified atom stereocenters. The number of hydrogen-bond acceptors (Lipinski definition) is 6. The van der Waals surface area contributed by atoms with E-state index < -0.39 is 0 Å². The molecule has 0 radical (unpaired) electrons. The molecule has 2 aromatic rings. The van der Waals surface area contributed by atoms with Gasteiger partial charge >= 0.3 is 0 Å². The number of hydrogen-bond donors (Lipinski definition) is 0. The zero-order chi connectivity index (χ0) is 17.4. The first-order chi connectivity index (χ1) is 11.6. The molecule has 0 aliphatic rings. The number of aromatic nitrogens is 3. The molecule has 0 fully saturated rings. The Hall–Kier alpha value is -1.18. The molecule has 0 saturated heterocycles. The molecule has 0 spiro atoms. The molecule has 5 nitrogen and oxygen atoms in total. The van der Waals surface area contributed by atoms with Crippen molar-refractivity contribution in [3.63, 3.8) is 0 Å². The van der Waals surface area contributed by atoms with Crippen LogP contribution in [-0.2, 0) is 6.54 Å². The van der Waals surface area contributed by atoms with Gasteiger partial charge in [-0.05, 0) is 51.2 Å². The van der Waals surface area contributed by atoms with Crippen LogP contribution in [0.3, 0.4) is 0 Å². The molecule has 1 aromatic heterocycles. The van der Waals surface area contributed by atoms with Gasteiger partial charge in [-0.2, -0.15) is 0 Å². The number of nitrogens with zero attached hydrogens (tertiary/aromatic N) is 4. The molecule has 0 amide bonds. The van der Waals surface area contributed by atoms with Crippen molar-refractivity contribution in [3.05, 3.63) is 30.0 Å². The topological polar surface area (TPSA) is 43.2 Å². The molecule has 0 N–H and O–H groups in total. The lowest BCUT2D eigenvalue weighted by Gasteiger charge is -2.07. The van der Waals surface area contributed by atoms with Crippen LogP contribution in [0.5, 0.6) is 5.75 Å². The zero-order valence-corrected chi connectivity index (χ0v) is 16.5. The van der Waals surface area contributed by atoms with Crippen LogP contribution in [0.15, 0.2) is 24.4 Å². The van der Waals surface area contributed by atoms with Crippen LogP contribution < -0.4 is 4.74 Å². The Morgan fingerprint density at radius 2 is 1.96 bits per heavy atom. The van der Waals surface area contributed by atoms with Crippen molar-refractivity contribution < 1.29 is 4.74 Å². The summed E-state index contributed by atoms with van der Waals surface area (Å²) in [4.78, 5) is 2.21. The van der Waals surface area contributed by atoms with E-state index in [1.807, 2.05) is 44.6 Å². The number of aryl methyl sites for hydroxylation is 2. The third-order valence-electron chi connectivity index (χ3n) is 3.44. The fourth-order valence-corrected chi connectivity index (χ4v) is 4.38. The molecule has 0 saturated carbocycles. The molecule has 7 heteroatoms. The smallest absolute Gasteiger partial charge is 0.119 e. The average molecular weight is 367 g/mol. The van der Waals surface area contributed by atoms with E-state index in [2.05, 4.69) is 42.3 Å². The number of rotatable bonds is 10. The standard InChI is InChI=1S/C17H26N4OS2/c1-14-10-15(12-16(11-14)22-4)17-13-21(19-18-17)6-5-8-23-24-9-7-20(2)3/h10-13H,5-9H2,1-4H3. The second-order valence-corrected chi connectivity index (χ2v) is 8.61. The van der Waals surface area contributed by atoms with Crippen molar-refractivity contribution in [2.45, 2.75) is 19.9 Å². The molecular formula is C17H26N4OS2. The monoisotopic (exact) mass is 366 g/mol. The van der Waals surface area contributed by atoms with E-state index in [0.717, 1.165) is 47.8 Å². The van der Waals surface area contributed by atoms with Crippen LogP contribution in [-0.4, -0.2) is 59.1 Å². The van der Waals surface area contributed by atoms with Gasteiger partial charge < -0.3 is 9.64 Å². The van der Waals surface area contributed by atoms with E-state index in [-0.39, 0.29) is 0 Å². The van der Waals surface area contributed by atoms with Gasteiger partial charge in [-0.15, -0.1) is 5.10 Å². The van der Waals surface area contributed by atoms with Gasteiger partial charge in [-0.1, -0.05) is 26.8 Å². The molecule has 0 bridgehead atoms. The number of ether oxygens (including phenoxy) is 1. The van der Waals surface area contributed by atoms with Crippen molar-refractivity contribution in [2.75, 3.05) is 39.3 Å². The highest BCUT2D eigenvalue weighted by molar-refractivity contribution is 8.76. The third kappa shape index (κ3) is 6.37. The van der Waals surface area contributed by atoms with E-state index in [1.165, 1.54) is 5.75 Å². The highest BCUT2D eigenvalue weighted by Crippen LogP contribution is 2.24. The van der Waals surface area contributed by atoms with Gasteiger partial charge in [-0.3, -0.25) is 4.68 Å². The molecule has 132 valence electrons. The Bertz CT molecular complexity index is 631. The SMILES string of the molecule is COc1cc(C)cc(-c2cn(CCCSSCCN(C)C)nn2)c1. The van der Waals surface area contributed by atoms with Gasteiger partial charge in [0.05, 0.1) is 13.3 Å². The molecule has 2 rings (SSSR count). The first-order valence-electron chi connectivity index (χ1n) is 8.04. The van der Waals surface area contributed by atoms with Gasteiger partial charge in [0.25, 0.3) is 0 Å². The van der Waals surface area contributed by atoms with Gasteiger partial charge in [0.2, 0.25) is 0 Å². The summed E-state index contributed by atoms with van der Waals surface area (Å²) < 4.78 is 7.25. The molecule has 0 atom stereocenters. The van der Waals surface area contributed by atoms with E-state index in [0.29, 0.717) is 0 Å². The van der Waals surface area contributed by atoms with E-state index in [1.54, 1.807) is 7.11 Å². The fourth-order valence-electron chi connectivity index (χ4n) is 2.18. The highest BCUT2D eigenvalue weighted by atomic mass is 33.1. The number of benzene rings is 1. The Morgan fingerprint density at radius 1 is 1.17 bits per heavy atom. The minimum atomic E-state index is 0.852. The van der Waals surface area contributed by atoms with Crippen LogP contribution in [0, 0.1) is 6.92 Å². The molecule has 0 aliphatic carbocycles. The second kappa shape index (κ2) is 9.96. The van der Waals surface area contributed by atoms with Crippen LogP contribution in [0.1, 0.15) is 12.0 Å². The second-order valence-electron chi connectivity index (χ2n) is 5.91. The maximum Gasteiger partial charge on any atom is 0.119 e. The first-order valence-corrected chi connectivity index (χ1v) is 10.5. The van der Waals surface area contributed by atoms with Crippen LogP contribution in [0.4, 0.5) is 0 Å². The third-order valence-corrected chi connectivity index (χ3v) is 5.91. The molecule has 24 heavy (non-hydrogen) atoms. The van der Waals surface area contributed by atoms with Crippen LogP contribution in [0.2, 0.25) is 0 Å². The largest absolute Gasteiger partial charge is 0.497 e. The summed E-state index contributed by atoms with van der Waals surface area (Å²) in [6.07, 6.45) is 3.11.